The van der Waals surface area contributed by atoms with Gasteiger partial charge in [-0.3, -0.25) is 19.2 Å². The van der Waals surface area contributed by atoms with Gasteiger partial charge >= 0.3 is 5.97 Å². The number of likely N-dealkylation sites (tertiary alicyclic amines) is 1. The molecule has 6 rings (SSSR count). The summed E-state index contributed by atoms with van der Waals surface area (Å²) < 4.78 is 13.6. The van der Waals surface area contributed by atoms with E-state index in [0.717, 1.165) is 5.52 Å². The molecule has 13 nitrogen and oxygen atoms in total. The number of ether oxygens (including phenoxy) is 2. The van der Waals surface area contributed by atoms with Crippen molar-refractivity contribution in [2.45, 2.75) is 50.3 Å². The van der Waals surface area contributed by atoms with Gasteiger partial charge in [-0.1, -0.05) is 41.7 Å². The summed E-state index contributed by atoms with van der Waals surface area (Å²) >= 11 is 0. The molecule has 4 aliphatic rings. The molecule has 2 saturated heterocycles. The first-order chi connectivity index (χ1) is 19.8. The van der Waals surface area contributed by atoms with Crippen LogP contribution in [0.2, 0.25) is 0 Å². The van der Waals surface area contributed by atoms with E-state index in [2.05, 4.69) is 15.6 Å². The lowest BCUT2D eigenvalue weighted by atomic mass is 9.74. The number of aliphatic hydroxyl groups is 1. The van der Waals surface area contributed by atoms with E-state index in [1.54, 1.807) is 29.8 Å². The molecule has 6 atom stereocenters. The normalized spacial score (nSPS) is 32.9. The third-order valence-corrected chi connectivity index (χ3v) is 8.19. The number of esters is 1. The zero-order chi connectivity index (χ0) is 28.7. The molecule has 3 amide bonds. The maximum atomic E-state index is 14.5. The van der Waals surface area contributed by atoms with Crippen LogP contribution in [-0.2, 0) is 35.3 Å². The van der Waals surface area contributed by atoms with E-state index in [9.17, 15) is 24.3 Å². The quantitative estimate of drug-likeness (QED) is 0.378. The average molecular weight is 565 g/mol. The summed E-state index contributed by atoms with van der Waals surface area (Å²) in [6.07, 6.45) is 6.33. The van der Waals surface area contributed by atoms with Crippen LogP contribution >= 0.6 is 0 Å². The van der Waals surface area contributed by atoms with E-state index in [-0.39, 0.29) is 45.2 Å². The van der Waals surface area contributed by atoms with Crippen molar-refractivity contribution in [3.8, 4) is 0 Å². The molecule has 216 valence electrons. The van der Waals surface area contributed by atoms with E-state index in [1.807, 2.05) is 30.3 Å². The fourth-order valence-electron chi connectivity index (χ4n) is 6.34. The number of cyclic esters (lactones) is 1. The molecule has 5 heterocycles. The fourth-order valence-corrected chi connectivity index (χ4v) is 6.34. The Bertz CT molecular complexity index is 1440. The summed E-state index contributed by atoms with van der Waals surface area (Å²) in [6.45, 7) is 1.50. The first kappa shape index (κ1) is 27.1. The molecular weight excluding hydrogens is 532 g/mol. The van der Waals surface area contributed by atoms with Crippen molar-refractivity contribution < 1.29 is 33.8 Å². The van der Waals surface area contributed by atoms with Crippen LogP contribution in [0, 0.1) is 11.8 Å². The number of rotatable bonds is 4. The minimum absolute atomic E-state index is 0.0265. The summed E-state index contributed by atoms with van der Waals surface area (Å²) in [5.74, 6) is -3.65. The van der Waals surface area contributed by atoms with Crippen LogP contribution in [-0.4, -0.2) is 104 Å². The van der Waals surface area contributed by atoms with Crippen molar-refractivity contribution in [1.82, 2.24) is 30.1 Å². The lowest BCUT2D eigenvalue weighted by Gasteiger charge is -2.35. The number of allylic oxidation sites excluding steroid dienone is 1. The highest BCUT2D eigenvalue weighted by Gasteiger charge is 2.73. The monoisotopic (exact) mass is 564 g/mol. The molecular formula is C28H32N6O7. The number of fused-ring (bicyclic) bond motifs is 3. The van der Waals surface area contributed by atoms with Gasteiger partial charge in [0.1, 0.15) is 35.9 Å². The van der Waals surface area contributed by atoms with E-state index >= 15 is 0 Å². The maximum absolute atomic E-state index is 14.5. The Balaban J connectivity index is 1.40. The number of aromatic nitrogens is 3. The zero-order valence-corrected chi connectivity index (χ0v) is 22.6. The number of para-hydroxylation sites is 1. The van der Waals surface area contributed by atoms with E-state index in [1.165, 1.54) is 9.80 Å². The molecule has 13 heteroatoms. The molecule has 2 fully saturated rings. The van der Waals surface area contributed by atoms with Crippen LogP contribution in [0.15, 0.2) is 48.6 Å². The molecule has 0 radical (unpaired) electrons. The van der Waals surface area contributed by atoms with Gasteiger partial charge in [0.15, 0.2) is 0 Å². The standard InChI is InChI=1S/C28H32N6O7/c1-17-15-29-21(36)9-3-2-6-12-32(16-34-19-8-5-4-7-18(19)30-31-34)26(38)24-28-11-10-20(41-28)22(27(39)40-17)23(28)25(37)33(24)13-14-35/h2,4-8,10-11,17,20,22-24,35H,3,9,12-16H2,1H3,(H,29,36)/b6-2-/t17-,20+,22-,23-,24+,28-/m0/s1. The summed E-state index contributed by atoms with van der Waals surface area (Å²) in [7, 11) is 0. The summed E-state index contributed by atoms with van der Waals surface area (Å²) in [4.78, 5) is 56.9. The Morgan fingerprint density at radius 3 is 2.80 bits per heavy atom. The Labute approximate surface area is 235 Å². The molecule has 1 aromatic carbocycles. The van der Waals surface area contributed by atoms with Gasteiger partial charge in [0, 0.05) is 19.5 Å². The predicted molar refractivity (Wildman–Crippen MR) is 142 cm³/mol. The van der Waals surface area contributed by atoms with E-state index < -0.39 is 53.5 Å². The first-order valence-corrected chi connectivity index (χ1v) is 13.8. The van der Waals surface area contributed by atoms with Crippen LogP contribution in [0.4, 0.5) is 0 Å². The Kier molecular flexibility index (Phi) is 7.08. The Morgan fingerprint density at radius 2 is 1.98 bits per heavy atom. The second-order valence-corrected chi connectivity index (χ2v) is 10.8. The minimum atomic E-state index is -1.39. The number of aliphatic hydroxyl groups excluding tert-OH is 1. The average Bonchev–Trinajstić information content (AvgIpc) is 3.70. The molecule has 5 bridgehead atoms. The lowest BCUT2D eigenvalue weighted by molar-refractivity contribution is -0.158. The number of carbonyl (C=O) groups excluding carboxylic acids is 4. The van der Waals surface area contributed by atoms with Crippen molar-refractivity contribution >= 4 is 34.7 Å². The van der Waals surface area contributed by atoms with Gasteiger partial charge in [0.2, 0.25) is 11.8 Å². The van der Waals surface area contributed by atoms with Crippen molar-refractivity contribution in [2.24, 2.45) is 11.8 Å². The first-order valence-electron chi connectivity index (χ1n) is 13.8. The number of hydrogen-bond acceptors (Lipinski definition) is 9. The van der Waals surface area contributed by atoms with Crippen molar-refractivity contribution in [3.05, 3.63) is 48.6 Å². The van der Waals surface area contributed by atoms with E-state index in [0.29, 0.717) is 11.9 Å². The third kappa shape index (κ3) is 4.58. The van der Waals surface area contributed by atoms with Gasteiger partial charge in [0.25, 0.3) is 5.91 Å². The van der Waals surface area contributed by atoms with Gasteiger partial charge in [-0.25, -0.2) is 4.68 Å². The Hall–Kier alpha value is -4.10. The van der Waals surface area contributed by atoms with Crippen LogP contribution in [0.5, 0.6) is 0 Å². The second-order valence-electron chi connectivity index (χ2n) is 10.8. The minimum Gasteiger partial charge on any atom is -0.460 e. The molecule has 2 N–H and O–H groups in total. The molecule has 41 heavy (non-hydrogen) atoms. The number of carbonyl (C=O) groups is 4. The molecule has 1 aromatic heterocycles. The van der Waals surface area contributed by atoms with Crippen LogP contribution in [0.1, 0.15) is 19.8 Å². The fraction of sp³-hybridized carbons (Fsp3) is 0.500. The van der Waals surface area contributed by atoms with Gasteiger partial charge in [0.05, 0.1) is 30.7 Å². The molecule has 4 aliphatic heterocycles. The smallest absolute Gasteiger partial charge is 0.313 e. The lowest BCUT2D eigenvalue weighted by Crippen LogP contribution is -2.56. The number of hydrogen-bond donors (Lipinski definition) is 2. The van der Waals surface area contributed by atoms with Crippen LogP contribution in [0.3, 0.4) is 0 Å². The van der Waals surface area contributed by atoms with Crippen LogP contribution < -0.4 is 5.32 Å². The third-order valence-electron chi connectivity index (χ3n) is 8.19. The topological polar surface area (TPSA) is 156 Å². The number of nitrogens with zero attached hydrogens (tertiary/aromatic N) is 5. The molecule has 2 aromatic rings. The van der Waals surface area contributed by atoms with Crippen molar-refractivity contribution in [1.29, 1.82) is 0 Å². The van der Waals surface area contributed by atoms with Gasteiger partial charge < -0.3 is 29.7 Å². The maximum Gasteiger partial charge on any atom is 0.313 e. The summed E-state index contributed by atoms with van der Waals surface area (Å²) in [5.41, 5.74) is 0.00000559. The summed E-state index contributed by atoms with van der Waals surface area (Å²) in [5, 5.41) is 21.1. The number of benzene rings is 1. The predicted octanol–water partition coefficient (Wildman–Crippen LogP) is -0.242. The van der Waals surface area contributed by atoms with Crippen molar-refractivity contribution in [3.63, 3.8) is 0 Å². The SMILES string of the molecule is C[C@H]1CNC(=O)CC/C=C\CN(Cn2nnc3ccccc32)C(=O)[C@H]2N(CCO)C(=O)[C@@H]3[C@@H](C(=O)O1)[C@H]1C=C[C@]32O1. The van der Waals surface area contributed by atoms with Crippen molar-refractivity contribution in [2.75, 3.05) is 26.2 Å². The highest BCUT2D eigenvalue weighted by molar-refractivity contribution is 5.99. The number of β-amino-alcohol motifs (C(OH)–C–C–N with tert-alkyl or cyclic N) is 1. The van der Waals surface area contributed by atoms with E-state index in [4.69, 9.17) is 9.47 Å². The summed E-state index contributed by atoms with van der Waals surface area (Å²) in [6, 6.07) is 6.25. The van der Waals surface area contributed by atoms with Crippen LogP contribution in [0.25, 0.3) is 11.0 Å². The molecule has 0 saturated carbocycles. The molecule has 0 aliphatic carbocycles. The Morgan fingerprint density at radius 1 is 1.15 bits per heavy atom. The molecule has 0 unspecified atom stereocenters. The highest BCUT2D eigenvalue weighted by Crippen LogP contribution is 2.55. The zero-order valence-electron chi connectivity index (χ0n) is 22.6. The second kappa shape index (κ2) is 10.7. The van der Waals surface area contributed by atoms with Gasteiger partial charge in [-0.05, 0) is 25.5 Å². The molecule has 1 spiro atoms. The number of amides is 3. The number of nitrogens with one attached hydrogen (secondary N) is 1. The highest BCUT2D eigenvalue weighted by atomic mass is 16.6. The van der Waals surface area contributed by atoms with Gasteiger partial charge in [-0.15, -0.1) is 5.10 Å². The largest absolute Gasteiger partial charge is 0.460 e. The van der Waals surface area contributed by atoms with Gasteiger partial charge in [-0.2, -0.15) is 0 Å².